The van der Waals surface area contributed by atoms with Crippen LogP contribution >= 0.6 is 11.6 Å². The van der Waals surface area contributed by atoms with Crippen molar-refractivity contribution in [2.45, 2.75) is 50.4 Å². The molecule has 2 bridgehead atoms. The minimum absolute atomic E-state index is 0.0849. The molecule has 1 N–H and O–H groups in total. The summed E-state index contributed by atoms with van der Waals surface area (Å²) < 4.78 is 0. The lowest BCUT2D eigenvalue weighted by Gasteiger charge is -2.39. The molecule has 7 heteroatoms. The predicted molar refractivity (Wildman–Crippen MR) is 101 cm³/mol. The van der Waals surface area contributed by atoms with Gasteiger partial charge in [0, 0.05) is 30.7 Å². The van der Waals surface area contributed by atoms with Gasteiger partial charge in [0.05, 0.1) is 9.95 Å². The second-order valence-electron chi connectivity index (χ2n) is 7.14. The molecule has 26 heavy (non-hydrogen) atoms. The lowest BCUT2D eigenvalue weighted by molar-refractivity contribution is -0.385. The van der Waals surface area contributed by atoms with Gasteiger partial charge in [0.1, 0.15) is 12.0 Å². The third-order valence-corrected chi connectivity index (χ3v) is 5.76. The van der Waals surface area contributed by atoms with E-state index in [2.05, 4.69) is 45.5 Å². The van der Waals surface area contributed by atoms with E-state index in [1.165, 1.54) is 30.7 Å². The topological polar surface area (TPSA) is 71.3 Å². The van der Waals surface area contributed by atoms with Crippen molar-refractivity contribution in [3.05, 3.63) is 63.3 Å². The zero-order valence-corrected chi connectivity index (χ0v) is 15.1. The van der Waals surface area contributed by atoms with Crippen LogP contribution in [0.5, 0.6) is 0 Å². The second-order valence-corrected chi connectivity index (χ2v) is 7.54. The molecular formula is C19H21ClN4O2. The standard InChI is InChI=1S/C19H21ClN4O2/c20-18-10-17(24(25)26)11-21-19(18)22-14-8-15-6-7-16(9-14)23(15)12-13-4-2-1-3-5-13/h1-5,10-11,14-16H,6-9,12H2,(H,21,22). The molecule has 2 aliphatic heterocycles. The van der Waals surface area contributed by atoms with E-state index in [1.807, 2.05) is 0 Å². The smallest absolute Gasteiger partial charge is 0.289 e. The van der Waals surface area contributed by atoms with Crippen molar-refractivity contribution < 1.29 is 4.92 Å². The molecule has 0 aliphatic carbocycles. The molecule has 0 spiro atoms. The first-order valence-electron chi connectivity index (χ1n) is 8.96. The summed E-state index contributed by atoms with van der Waals surface area (Å²) in [6.45, 7) is 0.999. The molecule has 0 amide bonds. The van der Waals surface area contributed by atoms with Gasteiger partial charge in [-0.05, 0) is 31.2 Å². The molecule has 2 unspecified atom stereocenters. The number of nitro groups is 1. The van der Waals surface area contributed by atoms with Crippen molar-refractivity contribution in [2.24, 2.45) is 0 Å². The van der Waals surface area contributed by atoms with Gasteiger partial charge in [-0.2, -0.15) is 0 Å². The first-order valence-corrected chi connectivity index (χ1v) is 9.34. The molecule has 4 rings (SSSR count). The number of nitrogens with one attached hydrogen (secondary N) is 1. The number of pyridine rings is 1. The maximum atomic E-state index is 10.8. The van der Waals surface area contributed by atoms with Gasteiger partial charge in [-0.15, -0.1) is 0 Å². The molecule has 2 fully saturated rings. The third kappa shape index (κ3) is 3.52. The van der Waals surface area contributed by atoms with Crippen molar-refractivity contribution in [1.29, 1.82) is 0 Å². The fourth-order valence-corrected chi connectivity index (χ4v) is 4.49. The average Bonchev–Trinajstić information content (AvgIpc) is 2.87. The quantitative estimate of drug-likeness (QED) is 0.627. The van der Waals surface area contributed by atoms with Crippen molar-refractivity contribution in [1.82, 2.24) is 9.88 Å². The van der Waals surface area contributed by atoms with Gasteiger partial charge < -0.3 is 5.32 Å². The number of hydrogen-bond acceptors (Lipinski definition) is 5. The molecule has 2 aliphatic rings. The van der Waals surface area contributed by atoms with Crippen LogP contribution in [-0.4, -0.2) is 32.9 Å². The largest absolute Gasteiger partial charge is 0.366 e. The van der Waals surface area contributed by atoms with Crippen molar-refractivity contribution in [3.63, 3.8) is 0 Å². The lowest BCUT2D eigenvalue weighted by Crippen LogP contribution is -2.46. The van der Waals surface area contributed by atoms with Crippen LogP contribution in [0, 0.1) is 10.1 Å². The summed E-state index contributed by atoms with van der Waals surface area (Å²) in [5.74, 6) is 0.540. The average molecular weight is 373 g/mol. The molecule has 136 valence electrons. The van der Waals surface area contributed by atoms with Crippen LogP contribution in [0.3, 0.4) is 0 Å². The highest BCUT2D eigenvalue weighted by molar-refractivity contribution is 6.33. The zero-order chi connectivity index (χ0) is 18.1. The van der Waals surface area contributed by atoms with E-state index >= 15 is 0 Å². The minimum atomic E-state index is -0.481. The number of rotatable bonds is 5. The summed E-state index contributed by atoms with van der Waals surface area (Å²) in [5, 5.41) is 14.5. The van der Waals surface area contributed by atoms with E-state index in [0.29, 0.717) is 29.0 Å². The molecular weight excluding hydrogens is 352 g/mol. The van der Waals surface area contributed by atoms with Gasteiger partial charge in [-0.25, -0.2) is 4.98 Å². The van der Waals surface area contributed by atoms with Gasteiger partial charge in [-0.3, -0.25) is 15.0 Å². The summed E-state index contributed by atoms with van der Waals surface area (Å²) in [6, 6.07) is 13.4. The van der Waals surface area contributed by atoms with Crippen molar-refractivity contribution in [3.8, 4) is 0 Å². The Morgan fingerprint density at radius 2 is 1.92 bits per heavy atom. The van der Waals surface area contributed by atoms with Crippen LogP contribution in [0.2, 0.25) is 5.02 Å². The molecule has 2 atom stereocenters. The van der Waals surface area contributed by atoms with Crippen LogP contribution in [0.25, 0.3) is 0 Å². The summed E-state index contributed by atoms with van der Waals surface area (Å²) in [7, 11) is 0. The lowest BCUT2D eigenvalue weighted by atomic mass is 9.96. The maximum absolute atomic E-state index is 10.8. The van der Waals surface area contributed by atoms with Crippen molar-refractivity contribution in [2.75, 3.05) is 5.32 Å². The Balaban J connectivity index is 1.42. The highest BCUT2D eigenvalue weighted by Crippen LogP contribution is 2.38. The summed E-state index contributed by atoms with van der Waals surface area (Å²) >= 11 is 6.18. The van der Waals surface area contributed by atoms with Crippen LogP contribution in [0.15, 0.2) is 42.6 Å². The number of anilines is 1. The highest BCUT2D eigenvalue weighted by atomic mass is 35.5. The van der Waals surface area contributed by atoms with E-state index in [1.54, 1.807) is 0 Å². The van der Waals surface area contributed by atoms with Crippen LogP contribution < -0.4 is 5.32 Å². The minimum Gasteiger partial charge on any atom is -0.366 e. The van der Waals surface area contributed by atoms with Gasteiger partial charge in [-0.1, -0.05) is 41.9 Å². The Morgan fingerprint density at radius 1 is 1.23 bits per heavy atom. The summed E-state index contributed by atoms with van der Waals surface area (Å²) in [6.07, 6.45) is 5.78. The fourth-order valence-electron chi connectivity index (χ4n) is 4.27. The highest BCUT2D eigenvalue weighted by Gasteiger charge is 2.40. The van der Waals surface area contributed by atoms with Crippen LogP contribution in [-0.2, 0) is 6.54 Å². The Morgan fingerprint density at radius 3 is 2.54 bits per heavy atom. The van der Waals surface area contributed by atoms with Gasteiger partial charge in [0.2, 0.25) is 0 Å². The predicted octanol–water partition coefficient (Wildman–Crippen LogP) is 4.25. The Labute approximate surface area is 157 Å². The van der Waals surface area contributed by atoms with Crippen LogP contribution in [0.4, 0.5) is 11.5 Å². The SMILES string of the molecule is O=[N+]([O-])c1cnc(NC2CC3CCC(C2)N3Cc2ccccc2)c(Cl)c1. The van der Waals surface area contributed by atoms with E-state index in [-0.39, 0.29) is 5.69 Å². The maximum Gasteiger partial charge on any atom is 0.289 e. The molecule has 3 heterocycles. The summed E-state index contributed by atoms with van der Waals surface area (Å²) in [4.78, 5) is 17.1. The van der Waals surface area contributed by atoms with Gasteiger partial charge in [0.25, 0.3) is 5.69 Å². The number of aromatic nitrogens is 1. The zero-order valence-electron chi connectivity index (χ0n) is 14.3. The van der Waals surface area contributed by atoms with Gasteiger partial charge >= 0.3 is 0 Å². The normalized spacial score (nSPS) is 25.2. The molecule has 6 nitrogen and oxygen atoms in total. The number of benzene rings is 1. The molecule has 2 aromatic rings. The third-order valence-electron chi connectivity index (χ3n) is 5.47. The van der Waals surface area contributed by atoms with E-state index in [0.717, 1.165) is 19.4 Å². The first-order chi connectivity index (χ1) is 12.6. The molecule has 0 saturated carbocycles. The van der Waals surface area contributed by atoms with Crippen molar-refractivity contribution >= 4 is 23.1 Å². The number of fused-ring (bicyclic) bond motifs is 2. The second kappa shape index (κ2) is 7.21. The number of piperidine rings is 1. The first kappa shape index (κ1) is 17.2. The van der Waals surface area contributed by atoms with E-state index in [9.17, 15) is 10.1 Å². The Kier molecular flexibility index (Phi) is 4.78. The monoisotopic (exact) mass is 372 g/mol. The Hall–Kier alpha value is -2.18. The Bertz CT molecular complexity index is 787. The number of halogens is 1. The molecule has 1 aromatic heterocycles. The van der Waals surface area contributed by atoms with Crippen LogP contribution in [0.1, 0.15) is 31.2 Å². The summed E-state index contributed by atoms with van der Waals surface area (Å²) in [5.41, 5.74) is 1.27. The molecule has 2 saturated heterocycles. The molecule has 1 aromatic carbocycles. The molecule has 0 radical (unpaired) electrons. The van der Waals surface area contributed by atoms with Gasteiger partial charge in [0.15, 0.2) is 0 Å². The van der Waals surface area contributed by atoms with E-state index < -0.39 is 4.92 Å². The van der Waals surface area contributed by atoms with E-state index in [4.69, 9.17) is 11.6 Å². The number of nitrogens with zero attached hydrogens (tertiary/aromatic N) is 3. The fraction of sp³-hybridized carbons (Fsp3) is 0.421. The number of hydrogen-bond donors (Lipinski definition) is 1.